The highest BCUT2D eigenvalue weighted by molar-refractivity contribution is 6.60. The second kappa shape index (κ2) is 9.53. The van der Waals surface area contributed by atoms with Crippen LogP contribution < -0.4 is 0 Å². The molecule has 0 radical (unpaired) electrons. The minimum atomic E-state index is -2.82. The van der Waals surface area contributed by atoms with Crippen molar-refractivity contribution in [3.8, 4) is 0 Å². The van der Waals surface area contributed by atoms with E-state index in [0.717, 1.165) is 0 Å². The molecule has 0 saturated carbocycles. The van der Waals surface area contributed by atoms with E-state index in [0.29, 0.717) is 32.3 Å². The van der Waals surface area contributed by atoms with Gasteiger partial charge in [-0.2, -0.15) is 0 Å². The van der Waals surface area contributed by atoms with Gasteiger partial charge in [0.25, 0.3) is 0 Å². The molecule has 0 fully saturated rings. The second-order valence-electron chi connectivity index (χ2n) is 5.58. The van der Waals surface area contributed by atoms with Crippen LogP contribution in [0.5, 0.6) is 0 Å². The highest BCUT2D eigenvalue weighted by atomic mass is 28.4. The summed E-state index contributed by atoms with van der Waals surface area (Å²) in [6.45, 7) is 12.6. The van der Waals surface area contributed by atoms with E-state index in [9.17, 15) is 9.90 Å². The van der Waals surface area contributed by atoms with Crippen LogP contribution in [-0.4, -0.2) is 51.4 Å². The van der Waals surface area contributed by atoms with E-state index >= 15 is 0 Å². The van der Waals surface area contributed by atoms with Crippen LogP contribution in [0.1, 0.15) is 48.0 Å². The number of ether oxygens (including phenoxy) is 1. The van der Waals surface area contributed by atoms with E-state index in [4.69, 9.17) is 18.0 Å². The zero-order valence-corrected chi connectivity index (χ0v) is 15.1. The van der Waals surface area contributed by atoms with E-state index < -0.39 is 26.5 Å². The summed E-state index contributed by atoms with van der Waals surface area (Å²) >= 11 is 0. The molecule has 0 aliphatic carbocycles. The average Bonchev–Trinajstić information content (AvgIpc) is 2.34. The van der Waals surface area contributed by atoms with Crippen molar-refractivity contribution < 1.29 is 27.9 Å². The first-order valence-electron chi connectivity index (χ1n) is 7.52. The van der Waals surface area contributed by atoms with Crippen LogP contribution in [-0.2, 0) is 22.8 Å². The lowest BCUT2D eigenvalue weighted by atomic mass is 10.1. The lowest BCUT2D eigenvalue weighted by molar-refractivity contribution is -0.160. The Morgan fingerprint density at radius 3 is 1.76 bits per heavy atom. The number of rotatable bonds is 11. The highest BCUT2D eigenvalue weighted by Crippen LogP contribution is 2.22. The standard InChI is InChI=1S/C14H30O6Si/c1-7-17-21(18-8-2,19-9-3)11-10-12(13(15)16)20-14(4,5)6/h12H,7-11H2,1-6H3,(H,15,16). The molecule has 0 amide bonds. The summed E-state index contributed by atoms with van der Waals surface area (Å²) in [5.74, 6) is -0.975. The van der Waals surface area contributed by atoms with Gasteiger partial charge in [-0.25, -0.2) is 4.79 Å². The summed E-state index contributed by atoms with van der Waals surface area (Å²) < 4.78 is 22.7. The summed E-state index contributed by atoms with van der Waals surface area (Å²) in [5.41, 5.74) is -0.518. The highest BCUT2D eigenvalue weighted by Gasteiger charge is 2.42. The number of aliphatic carboxylic acids is 1. The van der Waals surface area contributed by atoms with Gasteiger partial charge in [0.05, 0.1) is 5.60 Å². The van der Waals surface area contributed by atoms with Crippen molar-refractivity contribution in [2.45, 2.75) is 65.7 Å². The number of hydrogen-bond donors (Lipinski definition) is 1. The molecule has 0 aromatic heterocycles. The predicted octanol–water partition coefficient (Wildman–Crippen LogP) is 2.69. The Morgan fingerprint density at radius 2 is 1.48 bits per heavy atom. The van der Waals surface area contributed by atoms with Gasteiger partial charge in [-0.15, -0.1) is 0 Å². The molecule has 126 valence electrons. The Hall–Kier alpha value is -0.473. The molecular formula is C14H30O6Si. The van der Waals surface area contributed by atoms with Gasteiger partial charge in [0, 0.05) is 25.9 Å². The predicted molar refractivity (Wildman–Crippen MR) is 82.3 cm³/mol. The van der Waals surface area contributed by atoms with Gasteiger partial charge in [-0.05, 0) is 48.0 Å². The van der Waals surface area contributed by atoms with Crippen LogP contribution in [0.15, 0.2) is 0 Å². The molecule has 0 bridgehead atoms. The van der Waals surface area contributed by atoms with Crippen LogP contribution >= 0.6 is 0 Å². The largest absolute Gasteiger partial charge is 0.501 e. The first-order chi connectivity index (χ1) is 9.69. The molecule has 0 aliphatic heterocycles. The van der Waals surface area contributed by atoms with Gasteiger partial charge in [-0.3, -0.25) is 0 Å². The van der Waals surface area contributed by atoms with Crippen molar-refractivity contribution in [1.29, 1.82) is 0 Å². The van der Waals surface area contributed by atoms with Crippen LogP contribution in [0.2, 0.25) is 6.04 Å². The van der Waals surface area contributed by atoms with Crippen molar-refractivity contribution in [2.75, 3.05) is 19.8 Å². The Labute approximate surface area is 129 Å². The maximum absolute atomic E-state index is 11.3. The first kappa shape index (κ1) is 20.5. The lowest BCUT2D eigenvalue weighted by Gasteiger charge is -2.30. The lowest BCUT2D eigenvalue weighted by Crippen LogP contribution is -2.47. The quantitative estimate of drug-likeness (QED) is 0.590. The molecule has 0 spiro atoms. The Morgan fingerprint density at radius 1 is 1.05 bits per heavy atom. The molecule has 1 N–H and O–H groups in total. The fraction of sp³-hybridized carbons (Fsp3) is 0.929. The summed E-state index contributed by atoms with van der Waals surface area (Å²) in [7, 11) is -2.82. The van der Waals surface area contributed by atoms with Gasteiger partial charge < -0.3 is 23.1 Å². The Bertz CT molecular complexity index is 285. The number of carbonyl (C=O) groups is 1. The van der Waals surface area contributed by atoms with Gasteiger partial charge in [0.1, 0.15) is 0 Å². The molecule has 1 unspecified atom stereocenters. The molecule has 7 heteroatoms. The van der Waals surface area contributed by atoms with Crippen molar-refractivity contribution in [2.24, 2.45) is 0 Å². The second-order valence-corrected chi connectivity index (χ2v) is 8.31. The van der Waals surface area contributed by atoms with Gasteiger partial charge >= 0.3 is 14.8 Å². The third-order valence-electron chi connectivity index (χ3n) is 2.58. The van der Waals surface area contributed by atoms with E-state index in [1.54, 1.807) is 0 Å². The monoisotopic (exact) mass is 322 g/mol. The SMILES string of the molecule is CCO[Si](CCC(OC(C)(C)C)C(=O)O)(OCC)OCC. The van der Waals surface area contributed by atoms with Crippen LogP contribution in [0.3, 0.4) is 0 Å². The van der Waals surface area contributed by atoms with E-state index in [1.807, 2.05) is 41.5 Å². The molecule has 21 heavy (non-hydrogen) atoms. The summed E-state index contributed by atoms with van der Waals surface area (Å²) in [6.07, 6.45) is -0.586. The van der Waals surface area contributed by atoms with Crippen molar-refractivity contribution in [1.82, 2.24) is 0 Å². The maximum atomic E-state index is 11.3. The summed E-state index contributed by atoms with van der Waals surface area (Å²) in [4.78, 5) is 11.3. The first-order valence-corrected chi connectivity index (χ1v) is 9.45. The number of carboxylic acids is 1. The fourth-order valence-corrected chi connectivity index (χ4v) is 4.59. The minimum Gasteiger partial charge on any atom is -0.479 e. The van der Waals surface area contributed by atoms with Crippen LogP contribution in [0, 0.1) is 0 Å². The molecule has 0 aromatic rings. The van der Waals surface area contributed by atoms with E-state index in [-0.39, 0.29) is 0 Å². The third-order valence-corrected chi connectivity index (χ3v) is 5.66. The number of carboxylic acid groups (broad SMARTS) is 1. The Kier molecular flexibility index (Phi) is 9.31. The van der Waals surface area contributed by atoms with Crippen molar-refractivity contribution in [3.05, 3.63) is 0 Å². The van der Waals surface area contributed by atoms with E-state index in [2.05, 4.69) is 0 Å². The molecule has 6 nitrogen and oxygen atoms in total. The van der Waals surface area contributed by atoms with Crippen molar-refractivity contribution >= 4 is 14.8 Å². The molecule has 1 atom stereocenters. The molecule has 0 saturated heterocycles. The molecule has 0 rings (SSSR count). The summed E-state index contributed by atoms with van der Waals surface area (Å²) in [6, 6.07) is 0.426. The third kappa shape index (κ3) is 8.52. The molecular weight excluding hydrogens is 292 g/mol. The van der Waals surface area contributed by atoms with Gasteiger partial charge in [-0.1, -0.05) is 0 Å². The summed E-state index contributed by atoms with van der Waals surface area (Å²) in [5, 5.41) is 9.29. The normalized spacial score (nSPS) is 14.2. The zero-order valence-electron chi connectivity index (χ0n) is 14.1. The van der Waals surface area contributed by atoms with Gasteiger partial charge in [0.2, 0.25) is 0 Å². The smallest absolute Gasteiger partial charge is 0.479 e. The topological polar surface area (TPSA) is 74.2 Å². The molecule has 0 heterocycles. The van der Waals surface area contributed by atoms with Crippen LogP contribution in [0.4, 0.5) is 0 Å². The van der Waals surface area contributed by atoms with Gasteiger partial charge in [0.15, 0.2) is 6.10 Å². The average molecular weight is 322 g/mol. The number of hydrogen-bond acceptors (Lipinski definition) is 5. The van der Waals surface area contributed by atoms with Crippen molar-refractivity contribution in [3.63, 3.8) is 0 Å². The molecule has 0 aliphatic rings. The van der Waals surface area contributed by atoms with E-state index in [1.165, 1.54) is 0 Å². The zero-order chi connectivity index (χ0) is 16.5. The minimum absolute atomic E-state index is 0.304. The van der Waals surface area contributed by atoms with Crippen LogP contribution in [0.25, 0.3) is 0 Å². The maximum Gasteiger partial charge on any atom is 0.501 e. The molecule has 0 aromatic carbocycles. The Balaban J connectivity index is 4.84. The fourth-order valence-electron chi connectivity index (χ4n) is 1.97.